The van der Waals surface area contributed by atoms with Gasteiger partial charge in [-0.1, -0.05) is 66.4 Å². The summed E-state index contributed by atoms with van der Waals surface area (Å²) in [5.41, 5.74) is 5.51. The first-order valence-electron chi connectivity index (χ1n) is 13.6. The van der Waals surface area contributed by atoms with Crippen LogP contribution < -0.4 is 10.3 Å². The molecule has 0 atom stereocenters. The van der Waals surface area contributed by atoms with Crippen LogP contribution in [0.2, 0.25) is 0 Å². The molecule has 0 unspecified atom stereocenters. The summed E-state index contributed by atoms with van der Waals surface area (Å²) in [7, 11) is 1.67. The van der Waals surface area contributed by atoms with Crippen molar-refractivity contribution in [3.63, 3.8) is 0 Å². The maximum Gasteiger partial charge on any atom is 0.268 e. The molecule has 7 nitrogen and oxygen atoms in total. The Labute approximate surface area is 246 Å². The molecule has 41 heavy (non-hydrogen) atoms. The Balaban J connectivity index is 1.35. The van der Waals surface area contributed by atoms with Crippen LogP contribution in [0.4, 0.5) is 0 Å². The number of nitrogens with zero attached hydrogens (tertiary/aromatic N) is 5. The molecule has 0 saturated carbocycles. The maximum absolute atomic E-state index is 14.3. The fourth-order valence-corrected chi connectivity index (χ4v) is 7.87. The van der Waals surface area contributed by atoms with Gasteiger partial charge >= 0.3 is 0 Å². The van der Waals surface area contributed by atoms with E-state index in [1.807, 2.05) is 43.3 Å². The molecule has 9 heteroatoms. The van der Waals surface area contributed by atoms with Gasteiger partial charge in [-0.2, -0.15) is 0 Å². The summed E-state index contributed by atoms with van der Waals surface area (Å²) in [5, 5.41) is 10.8. The summed E-state index contributed by atoms with van der Waals surface area (Å²) < 4.78 is 9.15. The van der Waals surface area contributed by atoms with Crippen molar-refractivity contribution in [2.75, 3.05) is 13.7 Å². The fraction of sp³-hybridized carbons (Fsp3) is 0.219. The minimum absolute atomic E-state index is 0.0220. The number of ether oxygens (including phenoxy) is 1. The van der Waals surface area contributed by atoms with E-state index in [0.29, 0.717) is 5.78 Å². The van der Waals surface area contributed by atoms with Gasteiger partial charge in [0.1, 0.15) is 10.6 Å². The lowest BCUT2D eigenvalue weighted by atomic mass is 10.0. The fourth-order valence-electron chi connectivity index (χ4n) is 5.55. The van der Waals surface area contributed by atoms with Crippen LogP contribution in [0.15, 0.2) is 88.8 Å². The zero-order valence-electron chi connectivity index (χ0n) is 22.9. The van der Waals surface area contributed by atoms with E-state index in [-0.39, 0.29) is 5.56 Å². The molecule has 1 aliphatic rings. The van der Waals surface area contributed by atoms with Gasteiger partial charge in [-0.05, 0) is 59.9 Å². The Morgan fingerprint density at radius 1 is 0.976 bits per heavy atom. The van der Waals surface area contributed by atoms with E-state index in [4.69, 9.17) is 4.74 Å². The number of rotatable bonds is 7. The third-order valence-corrected chi connectivity index (χ3v) is 9.79. The average molecular weight is 580 g/mol. The van der Waals surface area contributed by atoms with Gasteiger partial charge in [0.15, 0.2) is 5.16 Å². The Morgan fingerprint density at radius 2 is 1.80 bits per heavy atom. The van der Waals surface area contributed by atoms with Crippen molar-refractivity contribution in [1.29, 1.82) is 0 Å². The number of hydrogen-bond donors (Lipinski definition) is 0. The van der Waals surface area contributed by atoms with Crippen LogP contribution in [0, 0.1) is 6.92 Å². The standard InChI is InChI=1S/C32H29N5O2S2/c1-21-7-6-10-24(17-21)36-29(38)28-26-15-16-35(18-22-8-4-3-5-9-22)19-27(26)41-30(28)37-31(36)33-34-32(37)40-20-23-11-13-25(39-2)14-12-23/h3-14,17H,15-16,18-20H2,1-2H3. The van der Waals surface area contributed by atoms with Crippen LogP contribution in [0.25, 0.3) is 21.7 Å². The summed E-state index contributed by atoms with van der Waals surface area (Å²) in [6, 6.07) is 26.7. The van der Waals surface area contributed by atoms with Crippen molar-refractivity contribution in [2.24, 2.45) is 0 Å². The van der Waals surface area contributed by atoms with Gasteiger partial charge in [0, 0.05) is 30.3 Å². The Bertz CT molecular complexity index is 1930. The van der Waals surface area contributed by atoms with Crippen molar-refractivity contribution < 1.29 is 4.74 Å². The SMILES string of the molecule is COc1ccc(CSc2nnc3n(-c4cccc(C)c4)c(=O)c4c5c(sc4n23)CN(Cc2ccccc2)CC5)cc1. The van der Waals surface area contributed by atoms with Gasteiger partial charge < -0.3 is 4.74 Å². The van der Waals surface area contributed by atoms with Gasteiger partial charge in [0.25, 0.3) is 5.56 Å². The highest BCUT2D eigenvalue weighted by molar-refractivity contribution is 7.98. The third kappa shape index (κ3) is 4.84. The maximum atomic E-state index is 14.3. The second-order valence-corrected chi connectivity index (χ2v) is 12.4. The molecule has 7 rings (SSSR count). The zero-order valence-corrected chi connectivity index (χ0v) is 24.5. The van der Waals surface area contributed by atoms with Crippen molar-refractivity contribution in [1.82, 2.24) is 24.1 Å². The number of thioether (sulfide) groups is 1. The predicted octanol–water partition coefficient (Wildman–Crippen LogP) is 6.26. The van der Waals surface area contributed by atoms with E-state index in [0.717, 1.165) is 69.7 Å². The molecule has 0 bridgehead atoms. The summed E-state index contributed by atoms with van der Waals surface area (Å²) >= 11 is 3.34. The summed E-state index contributed by atoms with van der Waals surface area (Å²) in [4.78, 5) is 18.9. The van der Waals surface area contributed by atoms with Crippen molar-refractivity contribution in [3.05, 3.63) is 116 Å². The van der Waals surface area contributed by atoms with E-state index in [2.05, 4.69) is 62.0 Å². The molecule has 3 aromatic carbocycles. The number of fused-ring (bicyclic) bond motifs is 5. The first-order valence-corrected chi connectivity index (χ1v) is 15.4. The van der Waals surface area contributed by atoms with Crippen molar-refractivity contribution in [3.8, 4) is 11.4 Å². The number of methoxy groups -OCH3 is 1. The van der Waals surface area contributed by atoms with E-state index in [1.54, 1.807) is 34.8 Å². The zero-order chi connectivity index (χ0) is 27.9. The molecule has 0 amide bonds. The first kappa shape index (κ1) is 26.0. The molecular weight excluding hydrogens is 551 g/mol. The predicted molar refractivity (Wildman–Crippen MR) is 166 cm³/mol. The second kappa shape index (κ2) is 10.8. The smallest absolute Gasteiger partial charge is 0.268 e. The van der Waals surface area contributed by atoms with Crippen LogP contribution >= 0.6 is 23.1 Å². The Hall–Kier alpha value is -3.92. The minimum atomic E-state index is -0.0220. The van der Waals surface area contributed by atoms with E-state index < -0.39 is 0 Å². The van der Waals surface area contributed by atoms with E-state index in [9.17, 15) is 4.79 Å². The van der Waals surface area contributed by atoms with Crippen molar-refractivity contribution >= 4 is 39.1 Å². The lowest BCUT2D eigenvalue weighted by Gasteiger charge is -2.26. The van der Waals surface area contributed by atoms with E-state index in [1.165, 1.54) is 16.0 Å². The number of aromatic nitrogens is 4. The Kier molecular flexibility index (Phi) is 6.86. The van der Waals surface area contributed by atoms with Gasteiger partial charge in [0.05, 0.1) is 18.2 Å². The molecule has 0 aliphatic carbocycles. The number of thiophene rings is 1. The molecule has 0 saturated heterocycles. The van der Waals surface area contributed by atoms with Crippen LogP contribution in [0.5, 0.6) is 5.75 Å². The highest BCUT2D eigenvalue weighted by atomic mass is 32.2. The first-order chi connectivity index (χ1) is 20.1. The molecule has 0 spiro atoms. The molecule has 206 valence electrons. The van der Waals surface area contributed by atoms with Gasteiger partial charge in [-0.25, -0.2) is 8.97 Å². The molecule has 4 heterocycles. The van der Waals surface area contributed by atoms with Crippen molar-refractivity contribution in [2.45, 2.75) is 37.3 Å². The second-order valence-electron chi connectivity index (χ2n) is 10.4. The number of hydrogen-bond acceptors (Lipinski definition) is 7. The molecule has 3 aromatic heterocycles. The quantitative estimate of drug-likeness (QED) is 0.208. The highest BCUT2D eigenvalue weighted by Gasteiger charge is 2.27. The number of benzene rings is 3. The van der Waals surface area contributed by atoms with Crippen LogP contribution in [0.3, 0.4) is 0 Å². The van der Waals surface area contributed by atoms with Crippen LogP contribution in [-0.4, -0.2) is 37.7 Å². The molecular formula is C32H29N5O2S2. The molecule has 6 aromatic rings. The lowest BCUT2D eigenvalue weighted by molar-refractivity contribution is 0.249. The molecule has 0 radical (unpaired) electrons. The summed E-state index contributed by atoms with van der Waals surface area (Å²) in [5.74, 6) is 2.11. The third-order valence-electron chi connectivity index (χ3n) is 7.59. The topological polar surface area (TPSA) is 64.7 Å². The highest BCUT2D eigenvalue weighted by Crippen LogP contribution is 2.36. The summed E-state index contributed by atoms with van der Waals surface area (Å²) in [6.07, 6.45) is 0.840. The number of aryl methyl sites for hydroxylation is 1. The Morgan fingerprint density at radius 3 is 2.59 bits per heavy atom. The van der Waals surface area contributed by atoms with Crippen LogP contribution in [-0.2, 0) is 25.3 Å². The molecule has 0 N–H and O–H groups in total. The van der Waals surface area contributed by atoms with Crippen LogP contribution in [0.1, 0.15) is 27.1 Å². The normalized spacial score (nSPS) is 13.6. The molecule has 0 fully saturated rings. The van der Waals surface area contributed by atoms with E-state index >= 15 is 0 Å². The van der Waals surface area contributed by atoms with Gasteiger partial charge in [-0.15, -0.1) is 21.5 Å². The summed E-state index contributed by atoms with van der Waals surface area (Å²) in [6.45, 7) is 4.67. The largest absolute Gasteiger partial charge is 0.497 e. The lowest BCUT2D eigenvalue weighted by Crippen LogP contribution is -2.30. The van der Waals surface area contributed by atoms with Gasteiger partial charge in [0.2, 0.25) is 5.78 Å². The molecule has 1 aliphatic heterocycles. The minimum Gasteiger partial charge on any atom is -0.497 e. The van der Waals surface area contributed by atoms with Gasteiger partial charge in [-0.3, -0.25) is 9.69 Å². The monoisotopic (exact) mass is 579 g/mol. The average Bonchev–Trinajstić information content (AvgIpc) is 3.58.